The average Bonchev–Trinajstić information content (AvgIpc) is 2.92. The van der Waals surface area contributed by atoms with Crippen molar-refractivity contribution < 1.29 is 4.74 Å². The fourth-order valence-electron chi connectivity index (χ4n) is 3.37. The van der Waals surface area contributed by atoms with E-state index in [0.29, 0.717) is 17.2 Å². The Labute approximate surface area is 126 Å². The molecule has 2 heterocycles. The minimum atomic E-state index is 0.590. The molecule has 1 fully saturated rings. The molecule has 1 aromatic carbocycles. The summed E-state index contributed by atoms with van der Waals surface area (Å²) in [6.45, 7) is 5.26. The van der Waals surface area contributed by atoms with E-state index < -0.39 is 0 Å². The van der Waals surface area contributed by atoms with E-state index in [-0.39, 0.29) is 0 Å². The Kier molecular flexibility index (Phi) is 5.03. The molecule has 3 atom stereocenters. The van der Waals surface area contributed by atoms with Crippen LogP contribution in [0.3, 0.4) is 0 Å². The van der Waals surface area contributed by atoms with Gasteiger partial charge < -0.3 is 10.1 Å². The molecule has 0 amide bonds. The first kappa shape index (κ1) is 14.4. The van der Waals surface area contributed by atoms with Gasteiger partial charge in [-0.25, -0.2) is 0 Å². The highest BCUT2D eigenvalue weighted by atomic mass is 32.2. The van der Waals surface area contributed by atoms with Crippen LogP contribution in [0.25, 0.3) is 0 Å². The second-order valence-corrected chi connectivity index (χ2v) is 7.21. The fraction of sp³-hybridized carbons (Fsp3) is 0.647. The summed E-state index contributed by atoms with van der Waals surface area (Å²) in [5, 5.41) is 4.49. The third-order valence-corrected chi connectivity index (χ3v) is 5.82. The zero-order valence-corrected chi connectivity index (χ0v) is 13.1. The molecule has 3 unspecified atom stereocenters. The van der Waals surface area contributed by atoms with Gasteiger partial charge in [-0.2, -0.15) is 0 Å². The van der Waals surface area contributed by atoms with Crippen molar-refractivity contribution in [2.75, 3.05) is 19.8 Å². The lowest BCUT2D eigenvalue weighted by atomic mass is 9.89. The third-order valence-electron chi connectivity index (χ3n) is 4.41. The van der Waals surface area contributed by atoms with E-state index in [4.69, 9.17) is 4.74 Å². The maximum absolute atomic E-state index is 5.73. The van der Waals surface area contributed by atoms with Crippen LogP contribution in [-0.4, -0.2) is 31.1 Å². The minimum absolute atomic E-state index is 0.590. The average molecular weight is 291 g/mol. The van der Waals surface area contributed by atoms with Crippen molar-refractivity contribution in [3.05, 3.63) is 29.8 Å². The lowest BCUT2D eigenvalue weighted by Crippen LogP contribution is -2.47. The summed E-state index contributed by atoms with van der Waals surface area (Å²) in [5.41, 5.74) is 1.53. The maximum Gasteiger partial charge on any atom is 0.0509 e. The molecule has 0 radical (unpaired) electrons. The molecule has 2 aliphatic rings. The lowest BCUT2D eigenvalue weighted by molar-refractivity contribution is 0.0391. The highest BCUT2D eigenvalue weighted by Gasteiger charge is 2.34. The van der Waals surface area contributed by atoms with Crippen LogP contribution in [0.15, 0.2) is 29.2 Å². The highest BCUT2D eigenvalue weighted by molar-refractivity contribution is 8.00. The summed E-state index contributed by atoms with van der Waals surface area (Å²) in [5.74, 6) is 0.683. The number of fused-ring (bicyclic) bond motifs is 1. The van der Waals surface area contributed by atoms with Crippen LogP contribution in [0.2, 0.25) is 0 Å². The van der Waals surface area contributed by atoms with Crippen molar-refractivity contribution in [3.8, 4) is 0 Å². The van der Waals surface area contributed by atoms with Crippen molar-refractivity contribution in [1.82, 2.24) is 5.32 Å². The van der Waals surface area contributed by atoms with Crippen LogP contribution in [0.4, 0.5) is 0 Å². The van der Waals surface area contributed by atoms with Gasteiger partial charge in [0, 0.05) is 22.8 Å². The van der Waals surface area contributed by atoms with Gasteiger partial charge in [-0.1, -0.05) is 25.1 Å². The van der Waals surface area contributed by atoms with Gasteiger partial charge in [-0.15, -0.1) is 11.8 Å². The van der Waals surface area contributed by atoms with Gasteiger partial charge in [0.15, 0.2) is 0 Å². The number of ether oxygens (including phenoxy) is 1. The molecule has 2 nitrogen and oxygen atoms in total. The van der Waals surface area contributed by atoms with Crippen LogP contribution >= 0.6 is 11.8 Å². The van der Waals surface area contributed by atoms with E-state index in [1.54, 1.807) is 0 Å². The number of benzene rings is 1. The lowest BCUT2D eigenvalue weighted by Gasteiger charge is -2.34. The zero-order chi connectivity index (χ0) is 13.8. The SMILES string of the molecule is CCCNC(C1CCCOC1)C1Cc2ccccc2S1. The molecule has 3 rings (SSSR count). The monoisotopic (exact) mass is 291 g/mol. The Morgan fingerprint density at radius 3 is 3.05 bits per heavy atom. The normalized spacial score (nSPS) is 27.2. The molecular formula is C17H25NOS. The molecule has 20 heavy (non-hydrogen) atoms. The van der Waals surface area contributed by atoms with Crippen LogP contribution < -0.4 is 5.32 Å². The van der Waals surface area contributed by atoms with Gasteiger partial charge in [0.2, 0.25) is 0 Å². The topological polar surface area (TPSA) is 21.3 Å². The molecule has 1 aromatic rings. The van der Waals surface area contributed by atoms with Gasteiger partial charge >= 0.3 is 0 Å². The second-order valence-electron chi connectivity index (χ2n) is 5.93. The number of rotatable bonds is 5. The summed E-state index contributed by atoms with van der Waals surface area (Å²) in [6.07, 6.45) is 4.95. The molecule has 1 N–H and O–H groups in total. The number of hydrogen-bond acceptors (Lipinski definition) is 3. The molecule has 0 aliphatic carbocycles. The number of nitrogens with one attached hydrogen (secondary N) is 1. The largest absolute Gasteiger partial charge is 0.381 e. The van der Waals surface area contributed by atoms with E-state index in [9.17, 15) is 0 Å². The molecule has 0 bridgehead atoms. The van der Waals surface area contributed by atoms with Crippen LogP contribution in [0.5, 0.6) is 0 Å². The Morgan fingerprint density at radius 1 is 1.40 bits per heavy atom. The smallest absolute Gasteiger partial charge is 0.0509 e. The standard InChI is InChI=1S/C17H25NOS/c1-2-9-18-17(14-7-5-10-19-12-14)16-11-13-6-3-4-8-15(13)20-16/h3-4,6,8,14,16-18H,2,5,7,9-12H2,1H3. The molecule has 2 aliphatic heterocycles. The molecule has 0 spiro atoms. The first-order valence-corrected chi connectivity index (χ1v) is 8.82. The van der Waals surface area contributed by atoms with Gasteiger partial charge in [0.1, 0.15) is 0 Å². The minimum Gasteiger partial charge on any atom is -0.381 e. The van der Waals surface area contributed by atoms with Crippen molar-refractivity contribution in [1.29, 1.82) is 0 Å². The fourth-order valence-corrected chi connectivity index (χ4v) is 4.88. The second kappa shape index (κ2) is 6.97. The maximum atomic E-state index is 5.73. The van der Waals surface area contributed by atoms with E-state index in [2.05, 4.69) is 48.3 Å². The Balaban J connectivity index is 1.70. The molecule has 3 heteroatoms. The highest BCUT2D eigenvalue weighted by Crippen LogP contribution is 2.40. The molecule has 0 saturated carbocycles. The Morgan fingerprint density at radius 2 is 2.30 bits per heavy atom. The van der Waals surface area contributed by atoms with E-state index in [0.717, 1.165) is 19.8 Å². The van der Waals surface area contributed by atoms with Crippen LogP contribution in [0, 0.1) is 5.92 Å². The first-order valence-electron chi connectivity index (χ1n) is 7.94. The molecule has 110 valence electrons. The van der Waals surface area contributed by atoms with Gasteiger partial charge in [0.25, 0.3) is 0 Å². The van der Waals surface area contributed by atoms with Crippen molar-refractivity contribution >= 4 is 11.8 Å². The Bertz CT molecular complexity index is 406. The number of hydrogen-bond donors (Lipinski definition) is 1. The summed E-state index contributed by atoms with van der Waals surface area (Å²) in [7, 11) is 0. The van der Waals surface area contributed by atoms with Crippen molar-refractivity contribution in [2.24, 2.45) is 5.92 Å². The molecule has 1 saturated heterocycles. The van der Waals surface area contributed by atoms with Gasteiger partial charge in [0.05, 0.1) is 6.61 Å². The summed E-state index contributed by atoms with van der Waals surface area (Å²) >= 11 is 2.07. The predicted molar refractivity (Wildman–Crippen MR) is 85.4 cm³/mol. The quantitative estimate of drug-likeness (QED) is 0.897. The van der Waals surface area contributed by atoms with E-state index in [1.807, 2.05) is 0 Å². The zero-order valence-electron chi connectivity index (χ0n) is 12.3. The van der Waals surface area contributed by atoms with Crippen molar-refractivity contribution in [3.63, 3.8) is 0 Å². The molecular weight excluding hydrogens is 266 g/mol. The van der Waals surface area contributed by atoms with Crippen LogP contribution in [-0.2, 0) is 11.2 Å². The third kappa shape index (κ3) is 3.21. The van der Waals surface area contributed by atoms with Gasteiger partial charge in [-0.05, 0) is 49.8 Å². The summed E-state index contributed by atoms with van der Waals surface area (Å²) in [4.78, 5) is 1.48. The van der Waals surface area contributed by atoms with E-state index >= 15 is 0 Å². The summed E-state index contributed by atoms with van der Waals surface area (Å²) < 4.78 is 5.73. The van der Waals surface area contributed by atoms with Crippen LogP contribution in [0.1, 0.15) is 31.7 Å². The Hall–Kier alpha value is -0.510. The first-order chi connectivity index (χ1) is 9.88. The molecule has 0 aromatic heterocycles. The summed E-state index contributed by atoms with van der Waals surface area (Å²) in [6, 6.07) is 9.48. The number of thioether (sulfide) groups is 1. The van der Waals surface area contributed by atoms with Gasteiger partial charge in [-0.3, -0.25) is 0 Å². The van der Waals surface area contributed by atoms with Crippen molar-refractivity contribution in [2.45, 2.75) is 48.8 Å². The van der Waals surface area contributed by atoms with E-state index in [1.165, 1.54) is 36.1 Å². The predicted octanol–water partition coefficient (Wildman–Crippen LogP) is 3.50.